The minimum atomic E-state index is 0.443. The molecule has 144 valence electrons. The third kappa shape index (κ3) is 5.89. The second-order valence-electron chi connectivity index (χ2n) is 5.90. The van der Waals surface area contributed by atoms with E-state index < -0.39 is 0 Å². The molecular weight excluding hydrogens is 483 g/mol. The molecule has 0 unspecified atom stereocenters. The molecule has 0 bridgehead atoms. The van der Waals surface area contributed by atoms with Gasteiger partial charge in [0, 0.05) is 20.6 Å². The molecular formula is C21H16BrCl3N2O. The minimum absolute atomic E-state index is 0.443. The van der Waals surface area contributed by atoms with E-state index >= 15 is 0 Å². The van der Waals surface area contributed by atoms with Crippen LogP contribution < -0.4 is 10.2 Å². The molecule has 1 N–H and O–H groups in total. The predicted octanol–water partition coefficient (Wildman–Crippen LogP) is 7.11. The normalized spacial score (nSPS) is 11.0. The fourth-order valence-corrected chi connectivity index (χ4v) is 3.57. The summed E-state index contributed by atoms with van der Waals surface area (Å²) in [4.78, 5) is 0. The van der Waals surface area contributed by atoms with Crippen LogP contribution in [-0.2, 0) is 13.2 Å². The summed E-state index contributed by atoms with van der Waals surface area (Å²) in [6, 6.07) is 18.7. The van der Waals surface area contributed by atoms with E-state index in [1.54, 1.807) is 18.3 Å². The monoisotopic (exact) mass is 496 g/mol. The molecule has 3 nitrogen and oxygen atoms in total. The van der Waals surface area contributed by atoms with Crippen LogP contribution in [0.4, 0.5) is 0 Å². The van der Waals surface area contributed by atoms with Gasteiger partial charge in [-0.2, -0.15) is 5.10 Å². The first-order chi connectivity index (χ1) is 13.5. The van der Waals surface area contributed by atoms with Crippen LogP contribution in [0.15, 0.2) is 70.2 Å². The molecule has 0 heterocycles. The minimum Gasteiger partial charge on any atom is -0.488 e. The fraction of sp³-hybridized carbons (Fsp3) is 0.0952. The van der Waals surface area contributed by atoms with E-state index in [1.165, 1.54) is 0 Å². The number of hydrogen-bond donors (Lipinski definition) is 1. The van der Waals surface area contributed by atoms with Gasteiger partial charge in [0.15, 0.2) is 0 Å². The van der Waals surface area contributed by atoms with Gasteiger partial charge in [-0.25, -0.2) is 0 Å². The van der Waals surface area contributed by atoms with Crippen LogP contribution in [0.1, 0.15) is 16.7 Å². The van der Waals surface area contributed by atoms with Crippen molar-refractivity contribution in [1.82, 2.24) is 5.43 Å². The molecule has 0 saturated heterocycles. The smallest absolute Gasteiger partial charge is 0.134 e. The fourth-order valence-electron chi connectivity index (χ4n) is 2.40. The lowest BCUT2D eigenvalue weighted by atomic mass is 10.2. The number of nitrogens with one attached hydrogen (secondary N) is 1. The van der Waals surface area contributed by atoms with Crippen molar-refractivity contribution < 1.29 is 4.74 Å². The zero-order chi connectivity index (χ0) is 19.9. The van der Waals surface area contributed by atoms with Gasteiger partial charge in [-0.1, -0.05) is 53.0 Å². The van der Waals surface area contributed by atoms with Crippen LogP contribution in [0.2, 0.25) is 15.1 Å². The summed E-state index contributed by atoms with van der Waals surface area (Å²) in [5, 5.41) is 6.16. The maximum absolute atomic E-state index is 6.14. The van der Waals surface area contributed by atoms with Gasteiger partial charge >= 0.3 is 0 Å². The first-order valence-corrected chi connectivity index (χ1v) is 10.3. The number of ether oxygens (including phenoxy) is 1. The van der Waals surface area contributed by atoms with Crippen molar-refractivity contribution in [1.29, 1.82) is 0 Å². The number of halogens is 4. The molecule has 0 amide bonds. The van der Waals surface area contributed by atoms with Crippen molar-refractivity contribution in [2.24, 2.45) is 5.10 Å². The maximum atomic E-state index is 6.14. The largest absolute Gasteiger partial charge is 0.488 e. The van der Waals surface area contributed by atoms with Crippen LogP contribution in [0, 0.1) is 0 Å². The Morgan fingerprint density at radius 1 is 0.964 bits per heavy atom. The highest BCUT2D eigenvalue weighted by molar-refractivity contribution is 9.10. The van der Waals surface area contributed by atoms with E-state index in [2.05, 4.69) is 26.5 Å². The Bertz CT molecular complexity index is 958. The highest BCUT2D eigenvalue weighted by Gasteiger charge is 2.05. The summed E-state index contributed by atoms with van der Waals surface area (Å²) in [5.41, 5.74) is 5.74. The SMILES string of the molecule is Clc1ccc(COc2ccc(/C=N/NCc3c(Cl)cccc3Cl)cc2Br)cc1. The summed E-state index contributed by atoms with van der Waals surface area (Å²) in [6.07, 6.45) is 1.72. The lowest BCUT2D eigenvalue weighted by Crippen LogP contribution is -2.06. The van der Waals surface area contributed by atoms with E-state index in [0.29, 0.717) is 28.2 Å². The summed E-state index contributed by atoms with van der Waals surface area (Å²) in [5.74, 6) is 0.753. The molecule has 3 rings (SSSR count). The number of benzene rings is 3. The van der Waals surface area contributed by atoms with Crippen LogP contribution in [0.3, 0.4) is 0 Å². The second kappa shape index (κ2) is 10.2. The van der Waals surface area contributed by atoms with E-state index in [0.717, 1.165) is 26.9 Å². The predicted molar refractivity (Wildman–Crippen MR) is 121 cm³/mol. The van der Waals surface area contributed by atoms with Gasteiger partial charge in [0.1, 0.15) is 12.4 Å². The lowest BCUT2D eigenvalue weighted by Gasteiger charge is -2.09. The Morgan fingerprint density at radius 3 is 2.36 bits per heavy atom. The molecule has 0 fully saturated rings. The van der Waals surface area contributed by atoms with Crippen molar-refractivity contribution in [3.05, 3.63) is 96.9 Å². The van der Waals surface area contributed by atoms with Crippen molar-refractivity contribution in [3.63, 3.8) is 0 Å². The number of rotatable bonds is 7. The van der Waals surface area contributed by atoms with Crippen LogP contribution in [0.25, 0.3) is 0 Å². The summed E-state index contributed by atoms with van der Waals surface area (Å²) >= 11 is 21.7. The van der Waals surface area contributed by atoms with Crippen LogP contribution in [-0.4, -0.2) is 6.21 Å². The Labute approximate surface area is 187 Å². The quantitative estimate of drug-likeness (QED) is 0.278. The highest BCUT2D eigenvalue weighted by atomic mass is 79.9. The van der Waals surface area contributed by atoms with Gasteiger partial charge in [-0.05, 0) is 69.5 Å². The molecule has 0 aromatic heterocycles. The molecule has 3 aromatic rings. The maximum Gasteiger partial charge on any atom is 0.134 e. The molecule has 0 aliphatic heterocycles. The summed E-state index contributed by atoms with van der Waals surface area (Å²) in [6.45, 7) is 0.905. The summed E-state index contributed by atoms with van der Waals surface area (Å²) in [7, 11) is 0. The number of nitrogens with zero attached hydrogens (tertiary/aromatic N) is 1. The second-order valence-corrected chi connectivity index (χ2v) is 8.00. The zero-order valence-electron chi connectivity index (χ0n) is 14.6. The van der Waals surface area contributed by atoms with Gasteiger partial charge in [0.05, 0.1) is 17.2 Å². The summed E-state index contributed by atoms with van der Waals surface area (Å²) < 4.78 is 6.69. The molecule has 28 heavy (non-hydrogen) atoms. The molecule has 0 aliphatic rings. The Hall–Kier alpha value is -1.72. The molecule has 3 aromatic carbocycles. The average molecular weight is 499 g/mol. The Balaban J connectivity index is 1.56. The van der Waals surface area contributed by atoms with Gasteiger partial charge < -0.3 is 10.2 Å². The highest BCUT2D eigenvalue weighted by Crippen LogP contribution is 2.27. The molecule has 0 aliphatic carbocycles. The van der Waals surface area contributed by atoms with Crippen LogP contribution >= 0.6 is 50.7 Å². The molecule has 0 radical (unpaired) electrons. The molecule has 0 spiro atoms. The van der Waals surface area contributed by atoms with E-state index in [4.69, 9.17) is 39.5 Å². The van der Waals surface area contributed by atoms with Gasteiger partial charge in [-0.3, -0.25) is 0 Å². The van der Waals surface area contributed by atoms with Crippen LogP contribution in [0.5, 0.6) is 5.75 Å². The van der Waals surface area contributed by atoms with Gasteiger partial charge in [-0.15, -0.1) is 0 Å². The third-order valence-corrected chi connectivity index (χ3v) is 5.47. The average Bonchev–Trinajstić information content (AvgIpc) is 2.67. The molecule has 0 saturated carbocycles. The number of hydrogen-bond acceptors (Lipinski definition) is 3. The molecule has 0 atom stereocenters. The van der Waals surface area contributed by atoms with E-state index in [9.17, 15) is 0 Å². The molecule has 7 heteroatoms. The van der Waals surface area contributed by atoms with Crippen molar-refractivity contribution in [2.75, 3.05) is 0 Å². The third-order valence-electron chi connectivity index (χ3n) is 3.89. The van der Waals surface area contributed by atoms with E-state index in [-0.39, 0.29) is 0 Å². The topological polar surface area (TPSA) is 33.6 Å². The lowest BCUT2D eigenvalue weighted by molar-refractivity contribution is 0.304. The van der Waals surface area contributed by atoms with Gasteiger partial charge in [0.25, 0.3) is 0 Å². The van der Waals surface area contributed by atoms with Crippen molar-refractivity contribution in [2.45, 2.75) is 13.2 Å². The van der Waals surface area contributed by atoms with E-state index in [1.807, 2.05) is 48.5 Å². The first-order valence-electron chi connectivity index (χ1n) is 8.38. The first kappa shape index (κ1) is 21.0. The van der Waals surface area contributed by atoms with Gasteiger partial charge in [0.2, 0.25) is 0 Å². The van der Waals surface area contributed by atoms with Crippen molar-refractivity contribution in [3.8, 4) is 5.75 Å². The Kier molecular flexibility index (Phi) is 7.63. The van der Waals surface area contributed by atoms with Crippen molar-refractivity contribution >= 4 is 56.9 Å². The standard InChI is InChI=1S/C21H16BrCl3N2O/c22-18-10-15(11-26-27-12-17-19(24)2-1-3-20(17)25)6-9-21(18)28-13-14-4-7-16(23)8-5-14/h1-11,27H,12-13H2/b26-11+. The Morgan fingerprint density at radius 2 is 1.68 bits per heavy atom. The number of hydrazone groups is 1. The zero-order valence-corrected chi connectivity index (χ0v) is 18.5.